The fraction of sp³-hybridized carbons (Fsp3) is 0.926. The highest BCUT2D eigenvalue weighted by molar-refractivity contribution is 7.89. The monoisotopic (exact) mass is 537 g/mol. The maximum absolute atomic E-state index is 13.5. The number of nitrogens with one attached hydrogen (secondary N) is 2. The van der Waals surface area contributed by atoms with Crippen LogP contribution < -0.4 is 10.7 Å². The first kappa shape index (κ1) is 27.3. The Bertz CT molecular complexity index is 923. The topological polar surface area (TPSA) is 102 Å². The summed E-state index contributed by atoms with van der Waals surface area (Å²) in [6, 6.07) is 0.536. The number of hydrogen-bond donors (Lipinski definition) is 2. The zero-order valence-electron chi connectivity index (χ0n) is 22.7. The summed E-state index contributed by atoms with van der Waals surface area (Å²) in [6.07, 6.45) is 10.2. The van der Waals surface area contributed by atoms with Crippen molar-refractivity contribution in [2.45, 2.75) is 108 Å². The maximum Gasteiger partial charge on any atom is 0.228 e. The number of rotatable bonds is 5. The quantitative estimate of drug-likeness (QED) is 0.557. The summed E-state index contributed by atoms with van der Waals surface area (Å²) in [4.78, 5) is 26.9. The van der Waals surface area contributed by atoms with Crippen molar-refractivity contribution in [2.75, 3.05) is 32.7 Å². The number of amides is 2. The minimum absolute atomic E-state index is 0.0222. The van der Waals surface area contributed by atoms with E-state index in [1.165, 1.54) is 13.3 Å². The number of piperidine rings is 3. The molecule has 4 aliphatic heterocycles. The second-order valence-electron chi connectivity index (χ2n) is 12.3. The number of sulfonamides is 1. The van der Waals surface area contributed by atoms with Crippen molar-refractivity contribution < 1.29 is 18.0 Å². The minimum Gasteiger partial charge on any atom is -0.354 e. The second kappa shape index (κ2) is 11.5. The summed E-state index contributed by atoms with van der Waals surface area (Å²) < 4.78 is 28.5. The number of hydrogen-bond acceptors (Lipinski definition) is 6. The Morgan fingerprint density at radius 1 is 0.838 bits per heavy atom. The molecule has 2 amide bonds. The SMILES string of the molecule is CC(=O)NC1CCC(S(=O)(=O)N2CCC(C3CCN4NC(C)C(C(=O)N5CCCCC5)C4C3)CC2)CC1. The molecule has 210 valence electrons. The van der Waals surface area contributed by atoms with Gasteiger partial charge in [-0.15, -0.1) is 0 Å². The van der Waals surface area contributed by atoms with Crippen molar-refractivity contribution >= 4 is 21.8 Å². The Balaban J connectivity index is 1.14. The molecule has 0 aromatic heterocycles. The molecule has 0 aromatic rings. The molecule has 4 atom stereocenters. The lowest BCUT2D eigenvalue weighted by molar-refractivity contribution is -0.138. The number of likely N-dealkylation sites (tertiary alicyclic amines) is 1. The van der Waals surface area contributed by atoms with E-state index in [2.05, 4.69) is 27.6 Å². The lowest BCUT2D eigenvalue weighted by Crippen LogP contribution is -2.51. The summed E-state index contributed by atoms with van der Waals surface area (Å²) in [6.45, 7) is 7.70. The second-order valence-corrected chi connectivity index (χ2v) is 14.5. The third kappa shape index (κ3) is 5.87. The molecule has 2 N–H and O–H groups in total. The Labute approximate surface area is 223 Å². The molecule has 10 heteroatoms. The van der Waals surface area contributed by atoms with Crippen LogP contribution in [-0.4, -0.2) is 90.5 Å². The van der Waals surface area contributed by atoms with E-state index in [4.69, 9.17) is 0 Å². The van der Waals surface area contributed by atoms with E-state index in [1.807, 2.05) is 0 Å². The molecule has 5 rings (SSSR count). The van der Waals surface area contributed by atoms with Crippen LogP contribution in [0.2, 0.25) is 0 Å². The van der Waals surface area contributed by atoms with Crippen LogP contribution in [0.3, 0.4) is 0 Å². The van der Waals surface area contributed by atoms with E-state index in [-0.39, 0.29) is 35.2 Å². The molecule has 0 spiro atoms. The van der Waals surface area contributed by atoms with Crippen molar-refractivity contribution in [3.05, 3.63) is 0 Å². The minimum atomic E-state index is -3.29. The lowest BCUT2D eigenvalue weighted by Gasteiger charge is -2.43. The van der Waals surface area contributed by atoms with Crippen LogP contribution in [-0.2, 0) is 19.6 Å². The van der Waals surface area contributed by atoms with E-state index < -0.39 is 10.0 Å². The van der Waals surface area contributed by atoms with Gasteiger partial charge in [-0.05, 0) is 89.4 Å². The number of carbonyl (C=O) groups excluding carboxylic acids is 2. The van der Waals surface area contributed by atoms with E-state index in [1.54, 1.807) is 4.31 Å². The Kier molecular flexibility index (Phi) is 8.48. The fourth-order valence-electron chi connectivity index (χ4n) is 7.94. The molecule has 4 unspecified atom stereocenters. The highest BCUT2D eigenvalue weighted by Crippen LogP contribution is 2.41. The molecule has 5 aliphatic rings. The largest absolute Gasteiger partial charge is 0.354 e. The zero-order chi connectivity index (χ0) is 26.2. The summed E-state index contributed by atoms with van der Waals surface area (Å²) in [5.74, 6) is 1.41. The van der Waals surface area contributed by atoms with Gasteiger partial charge >= 0.3 is 0 Å². The van der Waals surface area contributed by atoms with Crippen LogP contribution in [0.25, 0.3) is 0 Å². The van der Waals surface area contributed by atoms with Gasteiger partial charge in [0.15, 0.2) is 0 Å². The van der Waals surface area contributed by atoms with Crippen LogP contribution in [0.4, 0.5) is 0 Å². The third-order valence-electron chi connectivity index (χ3n) is 9.99. The lowest BCUT2D eigenvalue weighted by atomic mass is 9.74. The highest BCUT2D eigenvalue weighted by Gasteiger charge is 2.49. The van der Waals surface area contributed by atoms with Crippen molar-refractivity contribution in [1.29, 1.82) is 0 Å². The van der Waals surface area contributed by atoms with E-state index in [0.717, 1.165) is 71.0 Å². The first-order valence-corrected chi connectivity index (χ1v) is 16.3. The molecule has 9 nitrogen and oxygen atoms in total. The van der Waals surface area contributed by atoms with Gasteiger partial charge in [0.1, 0.15) is 0 Å². The van der Waals surface area contributed by atoms with Gasteiger partial charge in [-0.2, -0.15) is 0 Å². The van der Waals surface area contributed by atoms with Crippen molar-refractivity contribution in [2.24, 2.45) is 17.8 Å². The number of hydrazine groups is 1. The van der Waals surface area contributed by atoms with Gasteiger partial charge in [0.05, 0.1) is 11.2 Å². The number of fused-ring (bicyclic) bond motifs is 1. The average molecular weight is 538 g/mol. The molecule has 1 saturated carbocycles. The first-order valence-electron chi connectivity index (χ1n) is 14.8. The molecule has 0 aromatic carbocycles. The van der Waals surface area contributed by atoms with Gasteiger partial charge in [-0.3, -0.25) is 15.0 Å². The van der Waals surface area contributed by atoms with Crippen LogP contribution in [0.5, 0.6) is 0 Å². The molecule has 4 heterocycles. The van der Waals surface area contributed by atoms with Crippen LogP contribution in [0, 0.1) is 17.8 Å². The molecule has 5 fully saturated rings. The van der Waals surface area contributed by atoms with Gasteiger partial charge in [0.25, 0.3) is 0 Å². The van der Waals surface area contributed by atoms with E-state index >= 15 is 0 Å². The van der Waals surface area contributed by atoms with Crippen LogP contribution in [0.15, 0.2) is 0 Å². The maximum atomic E-state index is 13.5. The van der Waals surface area contributed by atoms with Gasteiger partial charge in [0.2, 0.25) is 21.8 Å². The Morgan fingerprint density at radius 2 is 1.49 bits per heavy atom. The predicted molar refractivity (Wildman–Crippen MR) is 143 cm³/mol. The normalized spacial score (nSPS) is 36.8. The van der Waals surface area contributed by atoms with Gasteiger partial charge in [-0.1, -0.05) is 0 Å². The first-order chi connectivity index (χ1) is 17.7. The third-order valence-corrected chi connectivity index (χ3v) is 12.4. The van der Waals surface area contributed by atoms with Crippen LogP contribution in [0.1, 0.15) is 84.5 Å². The van der Waals surface area contributed by atoms with Crippen LogP contribution >= 0.6 is 0 Å². The number of carbonyl (C=O) groups is 2. The van der Waals surface area contributed by atoms with Gasteiger partial charge in [0, 0.05) is 57.8 Å². The zero-order valence-corrected chi connectivity index (χ0v) is 23.6. The summed E-state index contributed by atoms with van der Waals surface area (Å²) in [5, 5.41) is 4.97. The summed E-state index contributed by atoms with van der Waals surface area (Å²) >= 11 is 0. The molecule has 1 aliphatic carbocycles. The predicted octanol–water partition coefficient (Wildman–Crippen LogP) is 2.09. The highest BCUT2D eigenvalue weighted by atomic mass is 32.2. The standard InChI is InChI=1S/C27H47N5O4S/c1-19-26(27(34)30-13-4-3-5-14-30)25-18-22(12-17-32(25)29-19)21-10-15-31(16-11-21)37(35,36)24-8-6-23(7-9-24)28-20(2)33/h19,21-26,29H,3-18H2,1-2H3,(H,28,33). The summed E-state index contributed by atoms with van der Waals surface area (Å²) in [5.41, 5.74) is 3.60. The average Bonchev–Trinajstić information content (AvgIpc) is 3.23. The Hall–Kier alpha value is -1.23. The molecule has 0 bridgehead atoms. The molecular weight excluding hydrogens is 490 g/mol. The number of nitrogens with zero attached hydrogens (tertiary/aromatic N) is 3. The molecule has 37 heavy (non-hydrogen) atoms. The fourth-order valence-corrected chi connectivity index (χ4v) is 9.95. The molecular formula is C27H47N5O4S. The molecule has 4 saturated heterocycles. The van der Waals surface area contributed by atoms with Gasteiger partial charge in [-0.25, -0.2) is 17.7 Å². The van der Waals surface area contributed by atoms with Crippen molar-refractivity contribution in [3.63, 3.8) is 0 Å². The smallest absolute Gasteiger partial charge is 0.228 e. The Morgan fingerprint density at radius 3 is 2.14 bits per heavy atom. The van der Waals surface area contributed by atoms with Crippen molar-refractivity contribution in [3.8, 4) is 0 Å². The van der Waals surface area contributed by atoms with Gasteiger partial charge < -0.3 is 10.2 Å². The summed E-state index contributed by atoms with van der Waals surface area (Å²) in [7, 11) is -3.29. The van der Waals surface area contributed by atoms with E-state index in [0.29, 0.717) is 43.7 Å². The van der Waals surface area contributed by atoms with Crippen molar-refractivity contribution in [1.82, 2.24) is 25.0 Å². The molecule has 0 radical (unpaired) electrons. The van der Waals surface area contributed by atoms with E-state index in [9.17, 15) is 18.0 Å².